The SMILES string of the molecule is CC(C)OC(=O)C(C#N)=Cc1ccccc1N(C)C. The molecule has 0 N–H and O–H groups in total. The summed E-state index contributed by atoms with van der Waals surface area (Å²) in [4.78, 5) is 13.7. The average molecular weight is 258 g/mol. The summed E-state index contributed by atoms with van der Waals surface area (Å²) < 4.78 is 5.03. The minimum Gasteiger partial charge on any atom is -0.459 e. The van der Waals surface area contributed by atoms with Gasteiger partial charge in [0.15, 0.2) is 0 Å². The van der Waals surface area contributed by atoms with E-state index in [4.69, 9.17) is 10.00 Å². The Morgan fingerprint density at radius 2 is 2.00 bits per heavy atom. The van der Waals surface area contributed by atoms with Gasteiger partial charge in [-0.15, -0.1) is 0 Å². The highest BCUT2D eigenvalue weighted by Crippen LogP contribution is 2.21. The second-order valence-electron chi connectivity index (χ2n) is 4.58. The molecule has 1 aromatic carbocycles. The Balaban J connectivity index is 3.12. The van der Waals surface area contributed by atoms with Gasteiger partial charge in [-0.3, -0.25) is 0 Å². The second-order valence-corrected chi connectivity index (χ2v) is 4.58. The summed E-state index contributed by atoms with van der Waals surface area (Å²) in [6.07, 6.45) is 1.31. The maximum Gasteiger partial charge on any atom is 0.349 e. The molecule has 0 amide bonds. The van der Waals surface area contributed by atoms with Crippen LogP contribution in [0.25, 0.3) is 6.08 Å². The average Bonchev–Trinajstić information content (AvgIpc) is 2.35. The molecule has 0 bridgehead atoms. The Labute approximate surface area is 113 Å². The van der Waals surface area contributed by atoms with Crippen molar-refractivity contribution in [3.63, 3.8) is 0 Å². The van der Waals surface area contributed by atoms with Crippen molar-refractivity contribution in [2.45, 2.75) is 20.0 Å². The third kappa shape index (κ3) is 4.14. The first-order valence-electron chi connectivity index (χ1n) is 6.04. The zero-order valence-corrected chi connectivity index (χ0v) is 11.7. The number of para-hydroxylation sites is 1. The van der Waals surface area contributed by atoms with Crippen molar-refractivity contribution in [1.29, 1.82) is 5.26 Å². The van der Waals surface area contributed by atoms with Gasteiger partial charge >= 0.3 is 5.97 Å². The third-order valence-corrected chi connectivity index (χ3v) is 2.40. The number of nitrogens with zero attached hydrogens (tertiary/aromatic N) is 2. The molecule has 100 valence electrons. The lowest BCUT2D eigenvalue weighted by molar-refractivity contribution is -0.142. The van der Waals surface area contributed by atoms with E-state index < -0.39 is 5.97 Å². The van der Waals surface area contributed by atoms with Gasteiger partial charge in [0.2, 0.25) is 0 Å². The van der Waals surface area contributed by atoms with Crippen LogP contribution in [0, 0.1) is 11.3 Å². The number of esters is 1. The molecule has 0 fully saturated rings. The van der Waals surface area contributed by atoms with Gasteiger partial charge in [0.05, 0.1) is 6.10 Å². The lowest BCUT2D eigenvalue weighted by Crippen LogP contribution is -2.13. The van der Waals surface area contributed by atoms with Gasteiger partial charge in [-0.05, 0) is 31.6 Å². The largest absolute Gasteiger partial charge is 0.459 e. The molecule has 0 aliphatic carbocycles. The monoisotopic (exact) mass is 258 g/mol. The summed E-state index contributed by atoms with van der Waals surface area (Å²) >= 11 is 0. The van der Waals surface area contributed by atoms with Crippen LogP contribution in [0.15, 0.2) is 29.8 Å². The zero-order valence-electron chi connectivity index (χ0n) is 11.7. The fourth-order valence-corrected chi connectivity index (χ4v) is 1.59. The van der Waals surface area contributed by atoms with Crippen LogP contribution in [0.2, 0.25) is 0 Å². The Morgan fingerprint density at radius 1 is 1.37 bits per heavy atom. The number of hydrogen-bond acceptors (Lipinski definition) is 4. The zero-order chi connectivity index (χ0) is 14.4. The van der Waals surface area contributed by atoms with Gasteiger partial charge in [0, 0.05) is 19.8 Å². The number of nitriles is 1. The van der Waals surface area contributed by atoms with Gasteiger partial charge in [0.25, 0.3) is 0 Å². The predicted octanol–water partition coefficient (Wildman–Crippen LogP) is 2.61. The van der Waals surface area contributed by atoms with E-state index in [1.54, 1.807) is 19.9 Å². The quantitative estimate of drug-likeness (QED) is 0.473. The molecular weight excluding hydrogens is 240 g/mol. The fraction of sp³-hybridized carbons (Fsp3) is 0.333. The van der Waals surface area contributed by atoms with Gasteiger partial charge in [-0.25, -0.2) is 4.79 Å². The minimum atomic E-state index is -0.592. The molecular formula is C15H18N2O2. The highest BCUT2D eigenvalue weighted by atomic mass is 16.5. The minimum absolute atomic E-state index is 0.00278. The third-order valence-electron chi connectivity index (χ3n) is 2.40. The van der Waals surface area contributed by atoms with Crippen LogP contribution >= 0.6 is 0 Å². The second kappa shape index (κ2) is 6.60. The maximum atomic E-state index is 11.7. The summed E-state index contributed by atoms with van der Waals surface area (Å²) in [7, 11) is 3.82. The highest BCUT2D eigenvalue weighted by Gasteiger charge is 2.13. The molecule has 1 aromatic rings. The molecule has 0 aliphatic heterocycles. The predicted molar refractivity (Wildman–Crippen MR) is 75.6 cm³/mol. The van der Waals surface area contributed by atoms with Gasteiger partial charge in [-0.1, -0.05) is 18.2 Å². The van der Waals surface area contributed by atoms with Crippen molar-refractivity contribution in [2.24, 2.45) is 0 Å². The Bertz CT molecular complexity index is 525. The first kappa shape index (κ1) is 14.8. The van der Waals surface area contributed by atoms with Crippen molar-refractivity contribution in [2.75, 3.05) is 19.0 Å². The Hall–Kier alpha value is -2.28. The summed E-state index contributed by atoms with van der Waals surface area (Å²) in [5.74, 6) is -0.592. The normalized spacial score (nSPS) is 11.1. The Kier molecular flexibility index (Phi) is 5.13. The topological polar surface area (TPSA) is 53.3 Å². The Morgan fingerprint density at radius 3 is 2.53 bits per heavy atom. The highest BCUT2D eigenvalue weighted by molar-refractivity contribution is 5.98. The number of rotatable bonds is 4. The van der Waals surface area contributed by atoms with Crippen molar-refractivity contribution in [3.8, 4) is 6.07 Å². The van der Waals surface area contributed by atoms with Crippen molar-refractivity contribution >= 4 is 17.7 Å². The molecule has 0 saturated carbocycles. The summed E-state index contributed by atoms with van der Waals surface area (Å²) in [5.41, 5.74) is 1.75. The summed E-state index contributed by atoms with van der Waals surface area (Å²) in [5, 5.41) is 9.07. The molecule has 1 rings (SSSR count). The van der Waals surface area contributed by atoms with E-state index in [1.807, 2.05) is 49.3 Å². The van der Waals surface area contributed by atoms with Crippen molar-refractivity contribution < 1.29 is 9.53 Å². The summed E-state index contributed by atoms with van der Waals surface area (Å²) in [6.45, 7) is 3.50. The smallest absolute Gasteiger partial charge is 0.349 e. The molecule has 4 nitrogen and oxygen atoms in total. The van der Waals surface area contributed by atoms with Crippen LogP contribution < -0.4 is 4.90 Å². The van der Waals surface area contributed by atoms with E-state index in [0.29, 0.717) is 0 Å². The van der Waals surface area contributed by atoms with Crippen LogP contribution in [0.3, 0.4) is 0 Å². The number of anilines is 1. The molecule has 0 aliphatic rings. The lowest BCUT2D eigenvalue weighted by Gasteiger charge is -2.15. The number of carbonyl (C=O) groups excluding carboxylic acids is 1. The molecule has 0 radical (unpaired) electrons. The number of hydrogen-bond donors (Lipinski definition) is 0. The summed E-state index contributed by atoms with van der Waals surface area (Å²) in [6, 6.07) is 9.44. The standard InChI is InChI=1S/C15H18N2O2/c1-11(2)19-15(18)13(10-16)9-12-7-5-6-8-14(12)17(3)4/h5-9,11H,1-4H3. The van der Waals surface area contributed by atoms with Crippen molar-refractivity contribution in [1.82, 2.24) is 0 Å². The van der Waals surface area contributed by atoms with E-state index in [-0.39, 0.29) is 11.7 Å². The first-order valence-corrected chi connectivity index (χ1v) is 6.04. The van der Waals surface area contributed by atoms with Gasteiger partial charge in [-0.2, -0.15) is 5.26 Å². The molecule has 0 aromatic heterocycles. The number of benzene rings is 1. The van der Waals surface area contributed by atoms with E-state index in [1.165, 1.54) is 0 Å². The number of carbonyl (C=O) groups is 1. The van der Waals surface area contributed by atoms with Crippen LogP contribution in [-0.4, -0.2) is 26.2 Å². The molecule has 0 spiro atoms. The van der Waals surface area contributed by atoms with E-state index >= 15 is 0 Å². The van der Waals surface area contributed by atoms with E-state index in [2.05, 4.69) is 0 Å². The number of ether oxygens (including phenoxy) is 1. The van der Waals surface area contributed by atoms with Crippen LogP contribution in [0.4, 0.5) is 5.69 Å². The molecule has 0 saturated heterocycles. The van der Waals surface area contributed by atoms with Gasteiger partial charge in [0.1, 0.15) is 11.6 Å². The van der Waals surface area contributed by atoms with E-state index in [9.17, 15) is 4.79 Å². The molecule has 0 atom stereocenters. The lowest BCUT2D eigenvalue weighted by atomic mass is 10.1. The molecule has 4 heteroatoms. The van der Waals surface area contributed by atoms with Crippen molar-refractivity contribution in [3.05, 3.63) is 35.4 Å². The van der Waals surface area contributed by atoms with Gasteiger partial charge < -0.3 is 9.64 Å². The maximum absolute atomic E-state index is 11.7. The molecule has 19 heavy (non-hydrogen) atoms. The molecule has 0 unspecified atom stereocenters. The van der Waals surface area contributed by atoms with Crippen LogP contribution in [0.1, 0.15) is 19.4 Å². The fourth-order valence-electron chi connectivity index (χ4n) is 1.59. The van der Waals surface area contributed by atoms with Crippen LogP contribution in [0.5, 0.6) is 0 Å². The molecule has 0 heterocycles. The van der Waals surface area contributed by atoms with E-state index in [0.717, 1.165) is 11.3 Å². The first-order chi connectivity index (χ1) is 8.95. The van der Waals surface area contributed by atoms with Crippen LogP contribution in [-0.2, 0) is 9.53 Å².